The number of rotatable bonds is 0. The lowest BCUT2D eigenvalue weighted by Gasteiger charge is -2.24. The van der Waals surface area contributed by atoms with E-state index in [-0.39, 0.29) is 11.8 Å². The molecular weight excluding hydrogens is 200 g/mol. The van der Waals surface area contributed by atoms with Gasteiger partial charge < -0.3 is 11.1 Å². The first-order chi connectivity index (χ1) is 6.49. The van der Waals surface area contributed by atoms with Gasteiger partial charge in [-0.1, -0.05) is 0 Å². The number of hydrogen-bond acceptors (Lipinski definition) is 4. The Morgan fingerprint density at radius 1 is 1.50 bits per heavy atom. The summed E-state index contributed by atoms with van der Waals surface area (Å²) in [7, 11) is -3.13. The van der Waals surface area contributed by atoms with Crippen molar-refractivity contribution in [3.63, 3.8) is 0 Å². The zero-order chi connectivity index (χ0) is 10.3. The van der Waals surface area contributed by atoms with E-state index in [9.17, 15) is 8.42 Å². The van der Waals surface area contributed by atoms with Crippen molar-refractivity contribution in [3.8, 4) is 0 Å². The zero-order valence-corrected chi connectivity index (χ0v) is 8.64. The van der Waals surface area contributed by atoms with Crippen LogP contribution < -0.4 is 11.1 Å². The van der Waals surface area contributed by atoms with Crippen LogP contribution in [-0.2, 0) is 9.84 Å². The maximum Gasteiger partial charge on any atom is 0.182 e. The van der Waals surface area contributed by atoms with Crippen LogP contribution >= 0.6 is 0 Å². The summed E-state index contributed by atoms with van der Waals surface area (Å²) in [5, 5.41) is 3.10. The molecule has 0 spiro atoms. The molecule has 1 aliphatic heterocycles. The molecule has 3 N–H and O–H groups in total. The Morgan fingerprint density at radius 2 is 2.21 bits per heavy atom. The Bertz CT molecular complexity index is 468. The Labute approximate surface area is 83.0 Å². The predicted octanol–water partition coefficient (Wildman–Crippen LogP) is 0.857. The van der Waals surface area contributed by atoms with Crippen LogP contribution in [0.3, 0.4) is 0 Å². The Balaban J connectivity index is 2.64. The number of anilines is 2. The van der Waals surface area contributed by atoms with E-state index in [2.05, 4.69) is 5.32 Å². The zero-order valence-electron chi connectivity index (χ0n) is 7.82. The lowest BCUT2D eigenvalue weighted by molar-refractivity contribution is 0.589. The number of nitrogen functional groups attached to an aromatic ring is 1. The monoisotopic (exact) mass is 212 g/mol. The lowest BCUT2D eigenvalue weighted by Crippen LogP contribution is -2.31. The van der Waals surface area contributed by atoms with Crippen LogP contribution in [0.2, 0.25) is 0 Å². The number of hydrogen-bond donors (Lipinski definition) is 2. The van der Waals surface area contributed by atoms with Crippen molar-refractivity contribution < 1.29 is 8.42 Å². The maximum absolute atomic E-state index is 11.7. The van der Waals surface area contributed by atoms with Crippen LogP contribution in [0.15, 0.2) is 23.1 Å². The normalized spacial score (nSPS) is 23.6. The second kappa shape index (κ2) is 2.88. The summed E-state index contributed by atoms with van der Waals surface area (Å²) in [6.45, 7) is 1.84. The molecule has 0 radical (unpaired) electrons. The van der Waals surface area contributed by atoms with Crippen LogP contribution in [0.4, 0.5) is 11.4 Å². The van der Waals surface area contributed by atoms with E-state index < -0.39 is 9.84 Å². The molecule has 2 rings (SSSR count). The summed E-state index contributed by atoms with van der Waals surface area (Å²) >= 11 is 0. The standard InChI is InChI=1S/C9H12N2O2S/c1-6-5-14(12,13)9-3-2-7(10)4-8(9)11-6/h2-4,6,11H,5,10H2,1H3. The van der Waals surface area contributed by atoms with Gasteiger partial charge in [0.15, 0.2) is 9.84 Å². The minimum absolute atomic E-state index is 0.0608. The molecule has 14 heavy (non-hydrogen) atoms. The molecule has 4 nitrogen and oxygen atoms in total. The highest BCUT2D eigenvalue weighted by Gasteiger charge is 2.27. The van der Waals surface area contributed by atoms with Crippen LogP contribution in [-0.4, -0.2) is 20.2 Å². The fourth-order valence-corrected chi connectivity index (χ4v) is 3.31. The SMILES string of the molecule is CC1CS(=O)(=O)c2ccc(N)cc2N1. The molecule has 1 atom stereocenters. The first-order valence-electron chi connectivity index (χ1n) is 4.38. The number of fused-ring (bicyclic) bond motifs is 1. The Hall–Kier alpha value is -1.23. The highest BCUT2D eigenvalue weighted by atomic mass is 32.2. The first-order valence-corrected chi connectivity index (χ1v) is 6.03. The molecule has 1 unspecified atom stereocenters. The molecule has 5 heteroatoms. The minimum Gasteiger partial charge on any atom is -0.399 e. The van der Waals surface area contributed by atoms with Gasteiger partial charge >= 0.3 is 0 Å². The van der Waals surface area contributed by atoms with Gasteiger partial charge in [0.25, 0.3) is 0 Å². The van der Waals surface area contributed by atoms with Gasteiger partial charge in [-0.3, -0.25) is 0 Å². The number of nitrogens with two attached hydrogens (primary N) is 1. The summed E-state index contributed by atoms with van der Waals surface area (Å²) in [5.41, 5.74) is 6.77. The molecule has 0 aliphatic carbocycles. The smallest absolute Gasteiger partial charge is 0.182 e. The van der Waals surface area contributed by atoms with Gasteiger partial charge in [-0.05, 0) is 25.1 Å². The lowest BCUT2D eigenvalue weighted by atomic mass is 10.2. The molecule has 1 aliphatic rings. The average molecular weight is 212 g/mol. The third kappa shape index (κ3) is 1.43. The van der Waals surface area contributed by atoms with Gasteiger partial charge in [-0.25, -0.2) is 8.42 Å². The molecule has 1 aromatic carbocycles. The molecule has 76 valence electrons. The number of sulfone groups is 1. The van der Waals surface area contributed by atoms with E-state index >= 15 is 0 Å². The molecule has 0 bridgehead atoms. The Kier molecular flexibility index (Phi) is 1.92. The molecule has 1 aromatic rings. The summed E-state index contributed by atoms with van der Waals surface area (Å²) in [6.07, 6.45) is 0. The van der Waals surface area contributed by atoms with Crippen molar-refractivity contribution in [1.29, 1.82) is 0 Å². The molecule has 0 aromatic heterocycles. The molecule has 0 saturated carbocycles. The van der Waals surface area contributed by atoms with Crippen molar-refractivity contribution in [2.75, 3.05) is 16.8 Å². The summed E-state index contributed by atoms with van der Waals surface area (Å²) in [5.74, 6) is 0.143. The molecule has 1 heterocycles. The number of benzene rings is 1. The van der Waals surface area contributed by atoms with Gasteiger partial charge in [0.2, 0.25) is 0 Å². The highest BCUT2D eigenvalue weighted by Crippen LogP contribution is 2.29. The van der Waals surface area contributed by atoms with E-state index in [1.54, 1.807) is 18.2 Å². The summed E-state index contributed by atoms with van der Waals surface area (Å²) < 4.78 is 23.4. The highest BCUT2D eigenvalue weighted by molar-refractivity contribution is 7.91. The van der Waals surface area contributed by atoms with E-state index in [4.69, 9.17) is 5.73 Å². The van der Waals surface area contributed by atoms with Gasteiger partial charge in [0.1, 0.15) is 0 Å². The fraction of sp³-hybridized carbons (Fsp3) is 0.333. The third-order valence-electron chi connectivity index (χ3n) is 2.21. The van der Waals surface area contributed by atoms with Gasteiger partial charge in [-0.2, -0.15) is 0 Å². The van der Waals surface area contributed by atoms with Crippen molar-refractivity contribution in [1.82, 2.24) is 0 Å². The molecular formula is C9H12N2O2S. The van der Waals surface area contributed by atoms with E-state index in [0.29, 0.717) is 16.3 Å². The molecule has 0 amide bonds. The van der Waals surface area contributed by atoms with Gasteiger partial charge in [0, 0.05) is 11.7 Å². The van der Waals surface area contributed by atoms with Crippen LogP contribution in [0.5, 0.6) is 0 Å². The molecule has 0 saturated heterocycles. The molecule has 0 fully saturated rings. The van der Waals surface area contributed by atoms with E-state index in [1.165, 1.54) is 0 Å². The van der Waals surface area contributed by atoms with Crippen LogP contribution in [0, 0.1) is 0 Å². The van der Waals surface area contributed by atoms with Crippen molar-refractivity contribution in [2.45, 2.75) is 17.9 Å². The van der Waals surface area contributed by atoms with Gasteiger partial charge in [-0.15, -0.1) is 0 Å². The number of nitrogens with one attached hydrogen (secondary N) is 1. The van der Waals surface area contributed by atoms with Gasteiger partial charge in [0.05, 0.1) is 16.3 Å². The third-order valence-corrected chi connectivity index (χ3v) is 4.17. The van der Waals surface area contributed by atoms with Crippen LogP contribution in [0.1, 0.15) is 6.92 Å². The summed E-state index contributed by atoms with van der Waals surface area (Å²) in [6, 6.07) is 4.75. The van der Waals surface area contributed by atoms with Crippen LogP contribution in [0.25, 0.3) is 0 Å². The largest absolute Gasteiger partial charge is 0.399 e. The second-order valence-corrected chi connectivity index (χ2v) is 5.59. The fourth-order valence-electron chi connectivity index (χ4n) is 1.66. The second-order valence-electron chi connectivity index (χ2n) is 3.58. The van der Waals surface area contributed by atoms with Crippen molar-refractivity contribution >= 4 is 21.2 Å². The average Bonchev–Trinajstić information content (AvgIpc) is 2.00. The summed E-state index contributed by atoms with van der Waals surface area (Å²) in [4.78, 5) is 0.352. The van der Waals surface area contributed by atoms with Crippen molar-refractivity contribution in [2.24, 2.45) is 0 Å². The quantitative estimate of drug-likeness (QED) is 0.625. The minimum atomic E-state index is -3.13. The van der Waals surface area contributed by atoms with E-state index in [1.807, 2.05) is 6.92 Å². The first kappa shape index (κ1) is 9.33. The topological polar surface area (TPSA) is 72.2 Å². The maximum atomic E-state index is 11.7. The van der Waals surface area contributed by atoms with Crippen molar-refractivity contribution in [3.05, 3.63) is 18.2 Å². The predicted molar refractivity (Wildman–Crippen MR) is 56.0 cm³/mol. The van der Waals surface area contributed by atoms with E-state index in [0.717, 1.165) is 0 Å². The Morgan fingerprint density at radius 3 is 2.93 bits per heavy atom.